The van der Waals surface area contributed by atoms with E-state index in [-0.39, 0.29) is 18.4 Å². The maximum absolute atomic E-state index is 11.5. The largest absolute Gasteiger partial charge is 0.481 e. The second-order valence-corrected chi connectivity index (χ2v) is 4.50. The molecule has 0 aromatic heterocycles. The standard InChI is InChI=1S/C9H15NO3S/c1-6(5-14-2)10-4-7(9(12)13)3-8(10)11/h6-7H,3-5H2,1-2H3,(H,12,13). The molecule has 2 unspecified atom stereocenters. The number of hydrogen-bond acceptors (Lipinski definition) is 3. The van der Waals surface area contributed by atoms with Crippen LogP contribution in [0.15, 0.2) is 0 Å². The lowest BCUT2D eigenvalue weighted by molar-refractivity contribution is -0.141. The molecule has 14 heavy (non-hydrogen) atoms. The summed E-state index contributed by atoms with van der Waals surface area (Å²) in [6, 6.07) is 0.141. The minimum atomic E-state index is -0.864. The molecule has 0 bridgehead atoms. The Balaban J connectivity index is 2.56. The normalized spacial score (nSPS) is 24.0. The van der Waals surface area contributed by atoms with Crippen molar-refractivity contribution in [3.05, 3.63) is 0 Å². The molecule has 1 amide bonds. The van der Waals surface area contributed by atoms with E-state index in [1.165, 1.54) is 0 Å². The highest BCUT2D eigenvalue weighted by molar-refractivity contribution is 7.98. The molecule has 1 fully saturated rings. The van der Waals surface area contributed by atoms with Crippen LogP contribution in [0.1, 0.15) is 13.3 Å². The van der Waals surface area contributed by atoms with Crippen molar-refractivity contribution in [1.82, 2.24) is 4.90 Å². The van der Waals surface area contributed by atoms with Crippen LogP contribution >= 0.6 is 11.8 Å². The monoisotopic (exact) mass is 217 g/mol. The van der Waals surface area contributed by atoms with Crippen molar-refractivity contribution < 1.29 is 14.7 Å². The van der Waals surface area contributed by atoms with E-state index in [1.807, 2.05) is 13.2 Å². The van der Waals surface area contributed by atoms with E-state index in [2.05, 4.69) is 0 Å². The predicted molar refractivity (Wildman–Crippen MR) is 55.3 cm³/mol. The summed E-state index contributed by atoms with van der Waals surface area (Å²) in [5.74, 6) is -0.541. The summed E-state index contributed by atoms with van der Waals surface area (Å²) in [5.41, 5.74) is 0. The summed E-state index contributed by atoms with van der Waals surface area (Å²) < 4.78 is 0. The Hall–Kier alpha value is -0.710. The van der Waals surface area contributed by atoms with Gasteiger partial charge in [-0.05, 0) is 13.2 Å². The lowest BCUT2D eigenvalue weighted by atomic mass is 10.1. The van der Waals surface area contributed by atoms with Crippen molar-refractivity contribution in [3.8, 4) is 0 Å². The third kappa shape index (κ3) is 2.41. The highest BCUT2D eigenvalue weighted by atomic mass is 32.2. The molecular formula is C9H15NO3S. The van der Waals surface area contributed by atoms with Crippen molar-refractivity contribution in [2.45, 2.75) is 19.4 Å². The van der Waals surface area contributed by atoms with Gasteiger partial charge in [-0.1, -0.05) is 0 Å². The van der Waals surface area contributed by atoms with Crippen molar-refractivity contribution in [3.63, 3.8) is 0 Å². The zero-order valence-corrected chi connectivity index (χ0v) is 9.21. The molecular weight excluding hydrogens is 202 g/mol. The van der Waals surface area contributed by atoms with E-state index in [0.29, 0.717) is 6.54 Å². The molecule has 1 heterocycles. The number of aliphatic carboxylic acids is 1. The van der Waals surface area contributed by atoms with Crippen molar-refractivity contribution in [1.29, 1.82) is 0 Å². The van der Waals surface area contributed by atoms with E-state index >= 15 is 0 Å². The van der Waals surface area contributed by atoms with Gasteiger partial charge in [-0.25, -0.2) is 0 Å². The summed E-state index contributed by atoms with van der Waals surface area (Å²) in [4.78, 5) is 23.8. The number of thioether (sulfide) groups is 1. The van der Waals surface area contributed by atoms with E-state index in [0.717, 1.165) is 5.75 Å². The van der Waals surface area contributed by atoms with Crippen LogP contribution in [0.3, 0.4) is 0 Å². The second kappa shape index (κ2) is 4.68. The molecule has 5 heteroatoms. The van der Waals surface area contributed by atoms with Gasteiger partial charge >= 0.3 is 5.97 Å². The molecule has 1 rings (SSSR count). The van der Waals surface area contributed by atoms with Crippen LogP contribution in [-0.2, 0) is 9.59 Å². The first-order valence-electron chi connectivity index (χ1n) is 4.57. The summed E-state index contributed by atoms with van der Waals surface area (Å²) in [6.07, 6.45) is 2.14. The predicted octanol–water partition coefficient (Wildman–Crippen LogP) is 0.671. The zero-order chi connectivity index (χ0) is 10.7. The van der Waals surface area contributed by atoms with Gasteiger partial charge in [0.05, 0.1) is 5.92 Å². The Morgan fingerprint density at radius 3 is 2.86 bits per heavy atom. The van der Waals surface area contributed by atoms with Crippen molar-refractivity contribution in [2.24, 2.45) is 5.92 Å². The number of carboxylic acids is 1. The summed E-state index contributed by atoms with van der Waals surface area (Å²) in [7, 11) is 0. The molecule has 2 atom stereocenters. The first-order chi connectivity index (χ1) is 6.56. The highest BCUT2D eigenvalue weighted by Crippen LogP contribution is 2.21. The minimum absolute atomic E-state index is 0.0287. The molecule has 0 aromatic carbocycles. The fourth-order valence-electron chi connectivity index (χ4n) is 1.65. The Bertz CT molecular complexity index is 244. The van der Waals surface area contributed by atoms with E-state index in [4.69, 9.17) is 5.11 Å². The van der Waals surface area contributed by atoms with Crippen LogP contribution in [0.4, 0.5) is 0 Å². The molecule has 1 aliphatic heterocycles. The molecule has 4 nitrogen and oxygen atoms in total. The molecule has 1 aliphatic rings. The molecule has 0 saturated carbocycles. The lowest BCUT2D eigenvalue weighted by Gasteiger charge is -2.23. The average molecular weight is 217 g/mol. The van der Waals surface area contributed by atoms with Gasteiger partial charge < -0.3 is 10.0 Å². The smallest absolute Gasteiger partial charge is 0.308 e. The highest BCUT2D eigenvalue weighted by Gasteiger charge is 2.36. The van der Waals surface area contributed by atoms with Gasteiger partial charge in [-0.2, -0.15) is 11.8 Å². The number of carbonyl (C=O) groups is 2. The molecule has 0 radical (unpaired) electrons. The van der Waals surface area contributed by atoms with Gasteiger partial charge in [0.1, 0.15) is 0 Å². The lowest BCUT2D eigenvalue weighted by Crippen LogP contribution is -2.36. The van der Waals surface area contributed by atoms with Gasteiger partial charge in [-0.15, -0.1) is 0 Å². The van der Waals surface area contributed by atoms with Gasteiger partial charge in [0, 0.05) is 24.8 Å². The van der Waals surface area contributed by atoms with E-state index in [9.17, 15) is 9.59 Å². The zero-order valence-electron chi connectivity index (χ0n) is 8.40. The Kier molecular flexibility index (Phi) is 3.80. The van der Waals surface area contributed by atoms with Crippen molar-refractivity contribution >= 4 is 23.6 Å². The van der Waals surface area contributed by atoms with Crippen LogP contribution in [0.2, 0.25) is 0 Å². The number of rotatable bonds is 4. The minimum Gasteiger partial charge on any atom is -0.481 e. The maximum Gasteiger partial charge on any atom is 0.308 e. The first kappa shape index (κ1) is 11.4. The number of carbonyl (C=O) groups excluding carboxylic acids is 1. The topological polar surface area (TPSA) is 57.6 Å². The number of hydrogen-bond donors (Lipinski definition) is 1. The molecule has 0 aliphatic carbocycles. The van der Waals surface area contributed by atoms with Crippen LogP contribution < -0.4 is 0 Å². The third-order valence-corrected chi connectivity index (χ3v) is 3.26. The Labute approximate surface area is 87.7 Å². The van der Waals surface area contributed by atoms with E-state index in [1.54, 1.807) is 16.7 Å². The summed E-state index contributed by atoms with van der Waals surface area (Å²) in [5, 5.41) is 8.78. The van der Waals surface area contributed by atoms with Gasteiger partial charge in [0.15, 0.2) is 0 Å². The third-order valence-electron chi connectivity index (χ3n) is 2.45. The van der Waals surface area contributed by atoms with Crippen LogP contribution in [0.25, 0.3) is 0 Å². The van der Waals surface area contributed by atoms with Gasteiger partial charge in [0.25, 0.3) is 0 Å². The fourth-order valence-corrected chi connectivity index (χ4v) is 2.32. The Morgan fingerprint density at radius 2 is 2.43 bits per heavy atom. The molecule has 80 valence electrons. The number of likely N-dealkylation sites (tertiary alicyclic amines) is 1. The first-order valence-corrected chi connectivity index (χ1v) is 5.96. The number of amides is 1. The molecule has 0 aromatic rings. The quantitative estimate of drug-likeness (QED) is 0.752. The molecule has 1 N–H and O–H groups in total. The van der Waals surface area contributed by atoms with Crippen molar-refractivity contribution in [2.75, 3.05) is 18.6 Å². The van der Waals surface area contributed by atoms with Crippen LogP contribution in [-0.4, -0.2) is 46.5 Å². The second-order valence-electron chi connectivity index (χ2n) is 3.59. The average Bonchev–Trinajstić information content (AvgIpc) is 2.48. The fraction of sp³-hybridized carbons (Fsp3) is 0.778. The van der Waals surface area contributed by atoms with Crippen LogP contribution in [0.5, 0.6) is 0 Å². The summed E-state index contributed by atoms with van der Waals surface area (Å²) >= 11 is 1.67. The summed E-state index contributed by atoms with van der Waals surface area (Å²) in [6.45, 7) is 2.33. The van der Waals surface area contributed by atoms with E-state index < -0.39 is 11.9 Å². The van der Waals surface area contributed by atoms with Gasteiger partial charge in [-0.3, -0.25) is 9.59 Å². The Morgan fingerprint density at radius 1 is 1.79 bits per heavy atom. The SMILES string of the molecule is CSCC(C)N1CC(C(=O)O)CC1=O. The number of nitrogens with zero attached hydrogens (tertiary/aromatic N) is 1. The maximum atomic E-state index is 11.5. The van der Waals surface area contributed by atoms with Gasteiger partial charge in [0.2, 0.25) is 5.91 Å². The molecule has 1 saturated heterocycles. The number of carboxylic acid groups (broad SMARTS) is 1. The van der Waals surface area contributed by atoms with Crippen LogP contribution in [0, 0.1) is 5.92 Å². The molecule has 0 spiro atoms.